The summed E-state index contributed by atoms with van der Waals surface area (Å²) >= 11 is 5.98. The molecular weight excluding hydrogens is 180 g/mol. The Kier molecular flexibility index (Phi) is 4.63. The molecule has 0 aliphatic heterocycles. The minimum Gasteiger partial charge on any atom is -0.123 e. The summed E-state index contributed by atoms with van der Waals surface area (Å²) in [6, 6.07) is 10.3. The van der Waals surface area contributed by atoms with Crippen LogP contribution in [0.4, 0.5) is 0 Å². The van der Waals surface area contributed by atoms with Crippen molar-refractivity contribution in [3.05, 3.63) is 42.0 Å². The molecule has 1 unspecified atom stereocenters. The molecule has 0 bridgehead atoms. The van der Waals surface area contributed by atoms with Crippen molar-refractivity contribution in [3.8, 4) is 0 Å². The number of benzene rings is 1. The van der Waals surface area contributed by atoms with Crippen molar-refractivity contribution in [3.63, 3.8) is 0 Å². The Balaban J connectivity index is 2.41. The van der Waals surface area contributed by atoms with Gasteiger partial charge in [0.2, 0.25) is 0 Å². The number of allylic oxidation sites excluding steroid dienone is 1. The normalized spacial score (nSPS) is 13.4. The molecule has 0 amide bonds. The number of rotatable bonds is 4. The Morgan fingerprint density at radius 2 is 2.00 bits per heavy atom. The van der Waals surface area contributed by atoms with Crippen molar-refractivity contribution in [2.75, 3.05) is 0 Å². The summed E-state index contributed by atoms with van der Waals surface area (Å²) in [5.41, 5.74) is 1.24. The van der Waals surface area contributed by atoms with Crippen LogP contribution in [0.2, 0.25) is 0 Å². The van der Waals surface area contributed by atoms with E-state index in [9.17, 15) is 0 Å². The van der Waals surface area contributed by atoms with Gasteiger partial charge in [0.15, 0.2) is 0 Å². The van der Waals surface area contributed by atoms with E-state index in [1.54, 1.807) is 0 Å². The highest BCUT2D eigenvalue weighted by atomic mass is 35.5. The van der Waals surface area contributed by atoms with Gasteiger partial charge in [-0.05, 0) is 18.4 Å². The smallest absolute Gasteiger partial charge is 0.0368 e. The van der Waals surface area contributed by atoms with Gasteiger partial charge in [-0.1, -0.05) is 49.4 Å². The highest BCUT2D eigenvalue weighted by Gasteiger charge is 1.95. The largest absolute Gasteiger partial charge is 0.123 e. The average Bonchev–Trinajstić information content (AvgIpc) is 2.19. The van der Waals surface area contributed by atoms with E-state index in [1.807, 2.05) is 18.2 Å². The van der Waals surface area contributed by atoms with E-state index >= 15 is 0 Å². The van der Waals surface area contributed by atoms with Crippen LogP contribution in [0, 0.1) is 0 Å². The lowest BCUT2D eigenvalue weighted by atomic mass is 10.2. The standard InChI is InChI=1S/C12H15Cl/c1-2-12(13)10-6-9-11-7-4-3-5-8-11/h3-9,12H,2,10H2,1H3. The van der Waals surface area contributed by atoms with E-state index in [-0.39, 0.29) is 5.38 Å². The number of hydrogen-bond donors (Lipinski definition) is 0. The molecule has 0 radical (unpaired) electrons. The Bertz CT molecular complexity index is 251. The van der Waals surface area contributed by atoms with E-state index in [4.69, 9.17) is 11.6 Å². The number of alkyl halides is 1. The fourth-order valence-electron chi connectivity index (χ4n) is 1.08. The lowest BCUT2D eigenvalue weighted by Gasteiger charge is -1.99. The topological polar surface area (TPSA) is 0 Å². The zero-order chi connectivity index (χ0) is 9.52. The van der Waals surface area contributed by atoms with E-state index in [2.05, 4.69) is 31.2 Å². The third-order valence-electron chi connectivity index (χ3n) is 1.94. The second kappa shape index (κ2) is 5.82. The molecular formula is C12H15Cl. The molecule has 0 nitrogen and oxygen atoms in total. The Morgan fingerprint density at radius 1 is 1.31 bits per heavy atom. The predicted molar refractivity (Wildman–Crippen MR) is 60.0 cm³/mol. The first-order chi connectivity index (χ1) is 6.33. The molecule has 1 aromatic carbocycles. The van der Waals surface area contributed by atoms with Gasteiger partial charge >= 0.3 is 0 Å². The van der Waals surface area contributed by atoms with Gasteiger partial charge < -0.3 is 0 Å². The fraction of sp³-hybridized carbons (Fsp3) is 0.333. The highest BCUT2D eigenvalue weighted by Crippen LogP contribution is 2.09. The maximum atomic E-state index is 5.98. The van der Waals surface area contributed by atoms with Gasteiger partial charge in [0.1, 0.15) is 0 Å². The van der Waals surface area contributed by atoms with Gasteiger partial charge in [0.05, 0.1) is 0 Å². The second-order valence-electron chi connectivity index (χ2n) is 3.05. The monoisotopic (exact) mass is 194 g/mol. The zero-order valence-corrected chi connectivity index (χ0v) is 8.67. The van der Waals surface area contributed by atoms with Crippen molar-refractivity contribution in [1.82, 2.24) is 0 Å². The van der Waals surface area contributed by atoms with Crippen LogP contribution in [0.5, 0.6) is 0 Å². The predicted octanol–water partition coefficient (Wildman–Crippen LogP) is 4.11. The van der Waals surface area contributed by atoms with Gasteiger partial charge in [-0.15, -0.1) is 11.6 Å². The first kappa shape index (κ1) is 10.3. The molecule has 0 aliphatic carbocycles. The molecule has 1 heteroatoms. The Hall–Kier alpha value is -0.750. The summed E-state index contributed by atoms with van der Waals surface area (Å²) < 4.78 is 0. The van der Waals surface area contributed by atoms with Gasteiger partial charge in [0.25, 0.3) is 0 Å². The summed E-state index contributed by atoms with van der Waals surface area (Å²) in [5, 5.41) is 0.278. The first-order valence-electron chi connectivity index (χ1n) is 4.68. The summed E-state index contributed by atoms with van der Waals surface area (Å²) in [6.45, 7) is 2.11. The van der Waals surface area contributed by atoms with Crippen molar-refractivity contribution in [2.24, 2.45) is 0 Å². The Labute approximate surface area is 85.2 Å². The quantitative estimate of drug-likeness (QED) is 0.633. The van der Waals surface area contributed by atoms with Crippen LogP contribution in [0.15, 0.2) is 36.4 Å². The van der Waals surface area contributed by atoms with E-state index < -0.39 is 0 Å². The van der Waals surface area contributed by atoms with Crippen LogP contribution in [0.25, 0.3) is 6.08 Å². The van der Waals surface area contributed by atoms with Gasteiger partial charge in [-0.3, -0.25) is 0 Å². The molecule has 1 aromatic rings. The minimum absolute atomic E-state index is 0.278. The molecule has 1 atom stereocenters. The molecule has 0 aromatic heterocycles. The SMILES string of the molecule is CCC(Cl)CC=Cc1ccccc1. The molecule has 0 fully saturated rings. The van der Waals surface area contributed by atoms with Crippen molar-refractivity contribution in [1.29, 1.82) is 0 Å². The molecule has 13 heavy (non-hydrogen) atoms. The number of halogens is 1. The lowest BCUT2D eigenvalue weighted by molar-refractivity contribution is 0.827. The third kappa shape index (κ3) is 4.14. The maximum absolute atomic E-state index is 5.98. The van der Waals surface area contributed by atoms with Crippen molar-refractivity contribution in [2.45, 2.75) is 25.1 Å². The van der Waals surface area contributed by atoms with Crippen LogP contribution in [-0.4, -0.2) is 5.38 Å². The van der Waals surface area contributed by atoms with E-state index in [0.29, 0.717) is 0 Å². The van der Waals surface area contributed by atoms with E-state index in [0.717, 1.165) is 12.8 Å². The molecule has 1 rings (SSSR count). The first-order valence-corrected chi connectivity index (χ1v) is 5.12. The molecule has 0 saturated carbocycles. The average molecular weight is 195 g/mol. The molecule has 70 valence electrons. The maximum Gasteiger partial charge on any atom is 0.0368 e. The summed E-state index contributed by atoms with van der Waals surface area (Å²) in [5.74, 6) is 0. The van der Waals surface area contributed by atoms with Crippen LogP contribution in [-0.2, 0) is 0 Å². The number of hydrogen-bond acceptors (Lipinski definition) is 0. The third-order valence-corrected chi connectivity index (χ3v) is 2.43. The van der Waals surface area contributed by atoms with E-state index in [1.165, 1.54) is 5.56 Å². The summed E-state index contributed by atoms with van der Waals surface area (Å²) in [6.07, 6.45) is 6.23. The molecule has 0 saturated heterocycles. The Morgan fingerprint density at radius 3 is 2.62 bits per heavy atom. The molecule has 0 heterocycles. The van der Waals surface area contributed by atoms with Crippen molar-refractivity contribution < 1.29 is 0 Å². The van der Waals surface area contributed by atoms with Crippen molar-refractivity contribution >= 4 is 17.7 Å². The van der Waals surface area contributed by atoms with Crippen LogP contribution >= 0.6 is 11.6 Å². The highest BCUT2D eigenvalue weighted by molar-refractivity contribution is 6.20. The molecule has 0 aliphatic rings. The van der Waals surface area contributed by atoms with Crippen LogP contribution in [0.3, 0.4) is 0 Å². The van der Waals surface area contributed by atoms with Gasteiger partial charge in [-0.2, -0.15) is 0 Å². The fourth-order valence-corrected chi connectivity index (χ4v) is 1.19. The lowest BCUT2D eigenvalue weighted by Crippen LogP contribution is -1.91. The van der Waals surface area contributed by atoms with Crippen LogP contribution in [0.1, 0.15) is 25.3 Å². The van der Waals surface area contributed by atoms with Gasteiger partial charge in [0, 0.05) is 5.38 Å². The summed E-state index contributed by atoms with van der Waals surface area (Å²) in [4.78, 5) is 0. The molecule has 0 spiro atoms. The van der Waals surface area contributed by atoms with Gasteiger partial charge in [-0.25, -0.2) is 0 Å². The zero-order valence-electron chi connectivity index (χ0n) is 7.91. The second-order valence-corrected chi connectivity index (χ2v) is 3.67. The molecule has 0 N–H and O–H groups in total. The van der Waals surface area contributed by atoms with Crippen LogP contribution < -0.4 is 0 Å². The minimum atomic E-state index is 0.278. The summed E-state index contributed by atoms with van der Waals surface area (Å²) in [7, 11) is 0.